The highest BCUT2D eigenvalue weighted by Crippen LogP contribution is 2.29. The van der Waals surface area contributed by atoms with Crippen molar-refractivity contribution in [1.82, 2.24) is 0 Å². The van der Waals surface area contributed by atoms with Crippen molar-refractivity contribution in [1.29, 1.82) is 0 Å². The van der Waals surface area contributed by atoms with Crippen molar-refractivity contribution in [3.63, 3.8) is 0 Å². The summed E-state index contributed by atoms with van der Waals surface area (Å²) < 4.78 is 16.5. The van der Waals surface area contributed by atoms with Crippen LogP contribution in [0.4, 0.5) is 0 Å². The Bertz CT molecular complexity index is 336. The third-order valence-corrected chi connectivity index (χ3v) is 2.49. The Morgan fingerprint density at radius 1 is 1.18 bits per heavy atom. The summed E-state index contributed by atoms with van der Waals surface area (Å²) in [6, 6.07) is 5.98. The molecule has 0 aliphatic carbocycles. The zero-order valence-electron chi connectivity index (χ0n) is 11.2. The minimum absolute atomic E-state index is 0.253. The van der Waals surface area contributed by atoms with Gasteiger partial charge in [-0.25, -0.2) is 0 Å². The fourth-order valence-electron chi connectivity index (χ4n) is 1.53. The van der Waals surface area contributed by atoms with E-state index < -0.39 is 0 Å². The number of hydrogen-bond acceptors (Lipinski definition) is 3. The molecule has 0 N–H and O–H groups in total. The Labute approximate surface area is 104 Å². The average Bonchev–Trinajstić information content (AvgIpc) is 2.36. The van der Waals surface area contributed by atoms with Gasteiger partial charge in [0.25, 0.3) is 0 Å². The minimum Gasteiger partial charge on any atom is -0.493 e. The summed E-state index contributed by atoms with van der Waals surface area (Å²) in [7, 11) is 1.65. The fourth-order valence-corrected chi connectivity index (χ4v) is 1.53. The summed E-state index contributed by atoms with van der Waals surface area (Å²) in [5.74, 6) is 1.49. The normalized spacial score (nSPS) is 12.2. The molecule has 0 radical (unpaired) electrons. The van der Waals surface area contributed by atoms with Gasteiger partial charge in [0, 0.05) is 0 Å². The molecule has 1 atom stereocenters. The SMILES string of the molecule is CCCOC(C)Oc1ccc(CC)cc1OC. The summed E-state index contributed by atoms with van der Waals surface area (Å²) in [6.07, 6.45) is 1.72. The van der Waals surface area contributed by atoms with Gasteiger partial charge in [0.15, 0.2) is 17.8 Å². The number of methoxy groups -OCH3 is 1. The molecule has 17 heavy (non-hydrogen) atoms. The van der Waals surface area contributed by atoms with Crippen molar-refractivity contribution in [3.8, 4) is 11.5 Å². The number of aryl methyl sites for hydroxylation is 1. The molecule has 0 amide bonds. The number of hydrogen-bond donors (Lipinski definition) is 0. The van der Waals surface area contributed by atoms with Gasteiger partial charge in [-0.1, -0.05) is 19.9 Å². The van der Waals surface area contributed by atoms with E-state index in [1.54, 1.807) is 7.11 Å². The van der Waals surface area contributed by atoms with Crippen LogP contribution in [-0.2, 0) is 11.2 Å². The topological polar surface area (TPSA) is 27.7 Å². The molecule has 0 aromatic heterocycles. The van der Waals surface area contributed by atoms with Gasteiger partial charge in [-0.15, -0.1) is 0 Å². The molecule has 0 aliphatic rings. The number of ether oxygens (including phenoxy) is 3. The molecule has 1 aromatic rings. The summed E-state index contributed by atoms with van der Waals surface area (Å²) in [4.78, 5) is 0. The van der Waals surface area contributed by atoms with Crippen LogP contribution >= 0.6 is 0 Å². The van der Waals surface area contributed by atoms with Crippen LogP contribution < -0.4 is 9.47 Å². The van der Waals surface area contributed by atoms with Gasteiger partial charge in [0.1, 0.15) is 0 Å². The van der Waals surface area contributed by atoms with Gasteiger partial charge in [0.2, 0.25) is 0 Å². The Hall–Kier alpha value is -1.22. The first-order chi connectivity index (χ1) is 8.21. The van der Waals surface area contributed by atoms with Crippen LogP contribution in [0, 0.1) is 0 Å². The van der Waals surface area contributed by atoms with Crippen LogP contribution in [0.2, 0.25) is 0 Å². The van der Waals surface area contributed by atoms with Crippen LogP contribution in [0.25, 0.3) is 0 Å². The quantitative estimate of drug-likeness (QED) is 0.681. The third-order valence-electron chi connectivity index (χ3n) is 2.49. The third kappa shape index (κ3) is 4.27. The Morgan fingerprint density at radius 3 is 2.53 bits per heavy atom. The van der Waals surface area contributed by atoms with Crippen LogP contribution in [0.3, 0.4) is 0 Å². The highest BCUT2D eigenvalue weighted by molar-refractivity contribution is 5.42. The molecule has 0 aliphatic heterocycles. The van der Waals surface area contributed by atoms with E-state index in [4.69, 9.17) is 14.2 Å². The van der Waals surface area contributed by atoms with Crippen LogP contribution in [0.1, 0.15) is 32.8 Å². The van der Waals surface area contributed by atoms with Gasteiger partial charge in [-0.05, 0) is 37.5 Å². The molecule has 0 saturated carbocycles. The lowest BCUT2D eigenvalue weighted by molar-refractivity contribution is -0.0672. The molecule has 3 heteroatoms. The second-order valence-electron chi connectivity index (χ2n) is 3.90. The second-order valence-corrected chi connectivity index (χ2v) is 3.90. The molecule has 3 nitrogen and oxygen atoms in total. The van der Waals surface area contributed by atoms with Gasteiger partial charge >= 0.3 is 0 Å². The highest BCUT2D eigenvalue weighted by atomic mass is 16.7. The van der Waals surface area contributed by atoms with E-state index in [9.17, 15) is 0 Å². The lowest BCUT2D eigenvalue weighted by atomic mass is 10.1. The molecule has 0 bridgehead atoms. The second kappa shape index (κ2) is 7.17. The molecular formula is C14H22O3. The maximum absolute atomic E-state index is 5.69. The van der Waals surface area contributed by atoms with E-state index >= 15 is 0 Å². The largest absolute Gasteiger partial charge is 0.493 e. The molecule has 0 heterocycles. The Kier molecular flexibility index (Phi) is 5.84. The highest BCUT2D eigenvalue weighted by Gasteiger charge is 2.09. The number of benzene rings is 1. The van der Waals surface area contributed by atoms with E-state index in [1.165, 1.54) is 5.56 Å². The van der Waals surface area contributed by atoms with Crippen LogP contribution in [-0.4, -0.2) is 20.0 Å². The Morgan fingerprint density at radius 2 is 1.94 bits per heavy atom. The fraction of sp³-hybridized carbons (Fsp3) is 0.571. The van der Waals surface area contributed by atoms with Crippen molar-refractivity contribution in [2.24, 2.45) is 0 Å². The van der Waals surface area contributed by atoms with Crippen LogP contribution in [0.5, 0.6) is 11.5 Å². The van der Waals surface area contributed by atoms with E-state index in [0.29, 0.717) is 6.61 Å². The molecule has 0 spiro atoms. The van der Waals surface area contributed by atoms with Crippen molar-refractivity contribution in [2.75, 3.05) is 13.7 Å². The zero-order valence-corrected chi connectivity index (χ0v) is 11.2. The molecule has 1 unspecified atom stereocenters. The molecule has 1 aromatic carbocycles. The molecule has 0 saturated heterocycles. The van der Waals surface area contributed by atoms with Gasteiger partial charge in [0.05, 0.1) is 13.7 Å². The minimum atomic E-state index is -0.253. The Balaban J connectivity index is 2.69. The molecule has 96 valence electrons. The predicted molar refractivity (Wildman–Crippen MR) is 68.7 cm³/mol. The maximum atomic E-state index is 5.69. The zero-order chi connectivity index (χ0) is 12.7. The van der Waals surface area contributed by atoms with E-state index in [0.717, 1.165) is 24.3 Å². The first-order valence-electron chi connectivity index (χ1n) is 6.16. The van der Waals surface area contributed by atoms with Gasteiger partial charge < -0.3 is 14.2 Å². The van der Waals surface area contributed by atoms with Crippen molar-refractivity contribution in [2.45, 2.75) is 39.9 Å². The maximum Gasteiger partial charge on any atom is 0.197 e. The van der Waals surface area contributed by atoms with E-state index in [2.05, 4.69) is 13.8 Å². The summed E-state index contributed by atoms with van der Waals surface area (Å²) in [5.41, 5.74) is 1.23. The van der Waals surface area contributed by atoms with Crippen LogP contribution in [0.15, 0.2) is 18.2 Å². The standard InChI is InChI=1S/C14H22O3/c1-5-9-16-11(3)17-13-8-7-12(6-2)10-14(13)15-4/h7-8,10-11H,5-6,9H2,1-4H3. The molecule has 1 rings (SSSR count). The summed E-state index contributed by atoms with van der Waals surface area (Å²) in [5, 5.41) is 0. The van der Waals surface area contributed by atoms with Gasteiger partial charge in [-0.3, -0.25) is 0 Å². The lowest BCUT2D eigenvalue weighted by Crippen LogP contribution is -2.17. The number of rotatable bonds is 7. The summed E-state index contributed by atoms with van der Waals surface area (Å²) in [6.45, 7) is 6.78. The monoisotopic (exact) mass is 238 g/mol. The van der Waals surface area contributed by atoms with Gasteiger partial charge in [-0.2, -0.15) is 0 Å². The van der Waals surface area contributed by atoms with E-state index in [1.807, 2.05) is 25.1 Å². The van der Waals surface area contributed by atoms with Crippen molar-refractivity contribution < 1.29 is 14.2 Å². The predicted octanol–water partition coefficient (Wildman–Crippen LogP) is 3.41. The smallest absolute Gasteiger partial charge is 0.197 e. The molecular weight excluding hydrogens is 216 g/mol. The average molecular weight is 238 g/mol. The van der Waals surface area contributed by atoms with Crippen molar-refractivity contribution in [3.05, 3.63) is 23.8 Å². The van der Waals surface area contributed by atoms with Crippen molar-refractivity contribution >= 4 is 0 Å². The molecule has 0 fully saturated rings. The lowest BCUT2D eigenvalue weighted by Gasteiger charge is -2.17. The summed E-state index contributed by atoms with van der Waals surface area (Å²) >= 11 is 0. The first kappa shape index (κ1) is 13.8. The first-order valence-corrected chi connectivity index (χ1v) is 6.16. The van der Waals surface area contributed by atoms with E-state index in [-0.39, 0.29) is 6.29 Å².